The molecule has 0 aliphatic rings. The number of nitrogens with zero attached hydrogens (tertiary/aromatic N) is 4. The third-order valence-electron chi connectivity index (χ3n) is 4.15. The van der Waals surface area contributed by atoms with E-state index in [1.165, 1.54) is 6.20 Å². The van der Waals surface area contributed by atoms with Crippen LogP contribution in [0.1, 0.15) is 16.1 Å². The Kier molecular flexibility index (Phi) is 4.09. The molecule has 4 rings (SSSR count). The zero-order valence-corrected chi connectivity index (χ0v) is 14.0. The highest BCUT2D eigenvalue weighted by Gasteiger charge is 2.23. The number of H-pyrrole nitrogens is 1. The van der Waals surface area contributed by atoms with Gasteiger partial charge >= 0.3 is 5.69 Å². The van der Waals surface area contributed by atoms with Crippen LogP contribution >= 0.6 is 0 Å². The molecule has 9 heteroatoms. The molecule has 134 valence electrons. The van der Waals surface area contributed by atoms with Gasteiger partial charge < -0.3 is 5.32 Å². The van der Waals surface area contributed by atoms with Crippen molar-refractivity contribution in [2.45, 2.75) is 6.54 Å². The first-order valence-electron chi connectivity index (χ1n) is 8.10. The summed E-state index contributed by atoms with van der Waals surface area (Å²) in [6.45, 7) is 0.529. The molecule has 0 radical (unpaired) electrons. The highest BCUT2D eigenvalue weighted by molar-refractivity contribution is 6.05. The quantitative estimate of drug-likeness (QED) is 0.418. The molecule has 2 N–H and O–H groups in total. The van der Waals surface area contributed by atoms with Gasteiger partial charge in [0, 0.05) is 6.20 Å². The van der Waals surface area contributed by atoms with E-state index in [2.05, 4.69) is 20.6 Å². The molecule has 0 unspecified atom stereocenters. The number of rotatable bonds is 5. The van der Waals surface area contributed by atoms with E-state index < -0.39 is 10.8 Å². The lowest BCUT2D eigenvalue weighted by atomic mass is 10.0. The molecule has 0 saturated carbocycles. The Bertz CT molecular complexity index is 1140. The molecule has 2 aromatic heterocycles. The van der Waals surface area contributed by atoms with Crippen LogP contribution in [-0.4, -0.2) is 30.8 Å². The average molecular weight is 362 g/mol. The van der Waals surface area contributed by atoms with E-state index in [0.29, 0.717) is 12.2 Å². The maximum absolute atomic E-state index is 12.2. The van der Waals surface area contributed by atoms with E-state index in [4.69, 9.17) is 0 Å². The molecule has 0 bridgehead atoms. The molecule has 9 nitrogen and oxygen atoms in total. The number of fused-ring (bicyclic) bond motifs is 1. The summed E-state index contributed by atoms with van der Waals surface area (Å²) >= 11 is 0. The third kappa shape index (κ3) is 3.25. The number of aromatic nitrogens is 4. The fourth-order valence-electron chi connectivity index (χ4n) is 2.90. The summed E-state index contributed by atoms with van der Waals surface area (Å²) in [6.07, 6.45) is 4.16. The summed E-state index contributed by atoms with van der Waals surface area (Å²) in [5.74, 6) is -0.649. The molecule has 2 heterocycles. The smallest absolute Gasteiger partial charge is 0.318 e. The van der Waals surface area contributed by atoms with E-state index in [-0.39, 0.29) is 11.4 Å². The number of hydrogen-bond acceptors (Lipinski definition) is 5. The van der Waals surface area contributed by atoms with Gasteiger partial charge in [-0.05, 0) is 16.3 Å². The van der Waals surface area contributed by atoms with Crippen LogP contribution in [0.25, 0.3) is 10.8 Å². The van der Waals surface area contributed by atoms with Crippen molar-refractivity contribution < 1.29 is 9.72 Å². The van der Waals surface area contributed by atoms with Crippen molar-refractivity contribution in [2.24, 2.45) is 0 Å². The van der Waals surface area contributed by atoms with E-state index >= 15 is 0 Å². The van der Waals surface area contributed by atoms with Crippen LogP contribution in [0.15, 0.2) is 61.1 Å². The van der Waals surface area contributed by atoms with Gasteiger partial charge in [0.25, 0.3) is 5.91 Å². The van der Waals surface area contributed by atoms with E-state index in [0.717, 1.165) is 22.5 Å². The lowest BCUT2D eigenvalue weighted by molar-refractivity contribution is -0.385. The van der Waals surface area contributed by atoms with Crippen molar-refractivity contribution in [3.63, 3.8) is 0 Å². The second kappa shape index (κ2) is 6.71. The van der Waals surface area contributed by atoms with Gasteiger partial charge in [0.1, 0.15) is 6.20 Å². The average Bonchev–Trinajstić information content (AvgIpc) is 3.32. The largest absolute Gasteiger partial charge is 0.319 e. The summed E-state index contributed by atoms with van der Waals surface area (Å²) in [5.41, 5.74) is 0.944. The first-order valence-corrected chi connectivity index (χ1v) is 8.10. The third-order valence-corrected chi connectivity index (χ3v) is 4.15. The van der Waals surface area contributed by atoms with E-state index in [1.807, 2.05) is 42.5 Å². The summed E-state index contributed by atoms with van der Waals surface area (Å²) in [4.78, 5) is 22.5. The minimum atomic E-state index is -0.664. The van der Waals surface area contributed by atoms with Gasteiger partial charge in [0.05, 0.1) is 23.4 Å². The number of nitro groups is 1. The molecular weight excluding hydrogens is 348 g/mol. The predicted molar refractivity (Wildman–Crippen MR) is 98.5 cm³/mol. The standard InChI is InChI=1S/C18H14N6O3/c25-18(17-16(24(26)27)9-19-22-17)21-14-8-20-23(11-14)10-13-6-3-5-12-4-1-2-7-15(12)13/h1-9,11H,10H2,(H,19,22)(H,21,25). The Hall–Kier alpha value is -4.01. The monoisotopic (exact) mass is 362 g/mol. The molecule has 0 spiro atoms. The highest BCUT2D eigenvalue weighted by atomic mass is 16.6. The first-order chi connectivity index (χ1) is 13.1. The van der Waals surface area contributed by atoms with Crippen molar-refractivity contribution in [3.8, 4) is 0 Å². The van der Waals surface area contributed by atoms with Crippen LogP contribution in [0.5, 0.6) is 0 Å². The number of carbonyl (C=O) groups excluding carboxylic acids is 1. The van der Waals surface area contributed by atoms with Crippen LogP contribution in [0, 0.1) is 10.1 Å². The number of hydrogen-bond donors (Lipinski definition) is 2. The molecule has 2 aromatic carbocycles. The second-order valence-electron chi connectivity index (χ2n) is 5.91. The van der Waals surface area contributed by atoms with Gasteiger partial charge in [-0.15, -0.1) is 0 Å². The van der Waals surface area contributed by atoms with Crippen LogP contribution in [0.4, 0.5) is 11.4 Å². The van der Waals surface area contributed by atoms with Crippen LogP contribution in [0.3, 0.4) is 0 Å². The predicted octanol–water partition coefficient (Wildman–Crippen LogP) is 2.97. The van der Waals surface area contributed by atoms with Gasteiger partial charge in [-0.2, -0.15) is 10.2 Å². The lowest BCUT2D eigenvalue weighted by Crippen LogP contribution is -2.13. The van der Waals surface area contributed by atoms with Crippen molar-refractivity contribution >= 4 is 28.1 Å². The zero-order chi connectivity index (χ0) is 18.8. The fourth-order valence-corrected chi connectivity index (χ4v) is 2.90. The highest BCUT2D eigenvalue weighted by Crippen LogP contribution is 2.20. The number of benzene rings is 2. The summed E-state index contributed by atoms with van der Waals surface area (Å²) in [7, 11) is 0. The molecule has 4 aromatic rings. The van der Waals surface area contributed by atoms with Gasteiger partial charge in [0.2, 0.25) is 5.69 Å². The minimum Gasteiger partial charge on any atom is -0.318 e. The molecule has 0 aliphatic carbocycles. The number of anilines is 1. The molecular formula is C18H14N6O3. The molecule has 27 heavy (non-hydrogen) atoms. The molecule has 0 aliphatic heterocycles. The van der Waals surface area contributed by atoms with Gasteiger partial charge in [-0.25, -0.2) is 0 Å². The molecule has 1 amide bonds. The van der Waals surface area contributed by atoms with Crippen LogP contribution < -0.4 is 5.32 Å². The van der Waals surface area contributed by atoms with Gasteiger partial charge in [0.15, 0.2) is 0 Å². The first kappa shape index (κ1) is 16.5. The Balaban J connectivity index is 1.53. The van der Waals surface area contributed by atoms with Gasteiger partial charge in [-0.3, -0.25) is 24.7 Å². The van der Waals surface area contributed by atoms with Gasteiger partial charge in [-0.1, -0.05) is 42.5 Å². The van der Waals surface area contributed by atoms with Crippen molar-refractivity contribution in [1.82, 2.24) is 20.0 Å². The fraction of sp³-hybridized carbons (Fsp3) is 0.0556. The van der Waals surface area contributed by atoms with Crippen molar-refractivity contribution in [2.75, 3.05) is 5.32 Å². The van der Waals surface area contributed by atoms with Crippen LogP contribution in [-0.2, 0) is 6.54 Å². The zero-order valence-electron chi connectivity index (χ0n) is 14.0. The molecule has 0 fully saturated rings. The Morgan fingerprint density at radius 3 is 2.85 bits per heavy atom. The maximum atomic E-state index is 12.2. The number of nitrogens with one attached hydrogen (secondary N) is 2. The number of amides is 1. The second-order valence-corrected chi connectivity index (χ2v) is 5.91. The number of carbonyl (C=O) groups is 1. The lowest BCUT2D eigenvalue weighted by Gasteiger charge is -2.06. The van der Waals surface area contributed by atoms with Crippen molar-refractivity contribution in [1.29, 1.82) is 0 Å². The maximum Gasteiger partial charge on any atom is 0.319 e. The van der Waals surface area contributed by atoms with Crippen molar-refractivity contribution in [3.05, 3.63) is 82.4 Å². The summed E-state index contributed by atoms with van der Waals surface area (Å²) < 4.78 is 1.69. The Morgan fingerprint density at radius 2 is 2.00 bits per heavy atom. The molecule has 0 atom stereocenters. The molecule has 0 saturated heterocycles. The summed E-state index contributed by atoms with van der Waals surface area (Å²) in [5, 5.41) is 25.9. The van der Waals surface area contributed by atoms with Crippen LogP contribution in [0.2, 0.25) is 0 Å². The van der Waals surface area contributed by atoms with E-state index in [9.17, 15) is 14.9 Å². The Morgan fingerprint density at radius 1 is 1.19 bits per heavy atom. The van der Waals surface area contributed by atoms with E-state index in [1.54, 1.807) is 10.9 Å². The Labute approximate surface area is 152 Å². The normalized spacial score (nSPS) is 10.8. The summed E-state index contributed by atoms with van der Waals surface area (Å²) in [6, 6.07) is 14.1. The topological polar surface area (TPSA) is 119 Å². The minimum absolute atomic E-state index is 0.207. The SMILES string of the molecule is O=C(Nc1cnn(Cc2cccc3ccccc23)c1)c1[nH]ncc1[N+](=O)[O-]. The number of aromatic amines is 1.